The number of cyclic esters (lactones) is 1. The fraction of sp³-hybridized carbons (Fsp3) is 0.535. The number of benzene rings is 1. The van der Waals surface area contributed by atoms with Crippen LogP contribution in [0.5, 0.6) is 5.75 Å². The monoisotopic (exact) mass is 807 g/mol. The molecule has 15 heteroatoms. The summed E-state index contributed by atoms with van der Waals surface area (Å²) in [5, 5.41) is 29.6. The molecule has 5 N–H and O–H groups in total. The Morgan fingerprint density at radius 1 is 1.07 bits per heavy atom. The third-order valence-electron chi connectivity index (χ3n) is 10.3. The maximum atomic E-state index is 14.3. The van der Waals surface area contributed by atoms with Crippen LogP contribution in [0.1, 0.15) is 78.7 Å². The Balaban J connectivity index is 2.05. The van der Waals surface area contributed by atoms with Crippen molar-refractivity contribution in [3.8, 4) is 5.75 Å². The number of ketones is 1. The van der Waals surface area contributed by atoms with Crippen LogP contribution in [0.4, 0.5) is 0 Å². The van der Waals surface area contributed by atoms with Gasteiger partial charge in [-0.1, -0.05) is 69.4 Å². The van der Waals surface area contributed by atoms with E-state index in [1.807, 2.05) is 12.2 Å². The highest BCUT2D eigenvalue weighted by molar-refractivity contribution is 5.93. The largest absolute Gasteiger partial charge is 0.508 e. The molecule has 2 aliphatic rings. The Hall–Kier alpha value is -5.12. The predicted molar refractivity (Wildman–Crippen MR) is 217 cm³/mol. The molecule has 0 saturated carbocycles. The third-order valence-corrected chi connectivity index (χ3v) is 10.3. The van der Waals surface area contributed by atoms with Crippen LogP contribution in [-0.4, -0.2) is 107 Å². The van der Waals surface area contributed by atoms with E-state index in [-0.39, 0.29) is 43.8 Å². The number of hydrogen-bond donors (Lipinski definition) is 5. The average Bonchev–Trinajstić information content (AvgIpc) is 3.18. The Morgan fingerprint density at radius 3 is 2.43 bits per heavy atom. The first-order valence-electron chi connectivity index (χ1n) is 19.8. The van der Waals surface area contributed by atoms with E-state index in [1.165, 1.54) is 50.4 Å². The molecule has 0 spiro atoms. The first-order valence-corrected chi connectivity index (χ1v) is 19.8. The van der Waals surface area contributed by atoms with Crippen LogP contribution >= 0.6 is 0 Å². The number of fused-ring (bicyclic) bond motifs is 2. The lowest BCUT2D eigenvalue weighted by Gasteiger charge is -2.36. The molecule has 2 bridgehead atoms. The number of phenols is 1. The van der Waals surface area contributed by atoms with Gasteiger partial charge in [0.25, 0.3) is 11.8 Å². The summed E-state index contributed by atoms with van der Waals surface area (Å²) in [6.45, 7) is 8.68. The highest BCUT2D eigenvalue weighted by Crippen LogP contribution is 2.24. The number of nitrogens with zero attached hydrogens (tertiary/aromatic N) is 2. The summed E-state index contributed by atoms with van der Waals surface area (Å²) in [5.74, 6) is -4.80. The van der Waals surface area contributed by atoms with Crippen molar-refractivity contribution in [1.29, 1.82) is 0 Å². The van der Waals surface area contributed by atoms with Gasteiger partial charge in [-0.25, -0.2) is 10.5 Å². The van der Waals surface area contributed by atoms with Crippen molar-refractivity contribution in [2.75, 3.05) is 20.7 Å². The first kappa shape index (κ1) is 47.3. The molecule has 0 aliphatic carbocycles. The number of aromatic hydroxyl groups is 1. The van der Waals surface area contributed by atoms with E-state index < -0.39 is 77.7 Å². The summed E-state index contributed by atoms with van der Waals surface area (Å²) >= 11 is 0. The minimum atomic E-state index is -1.19. The van der Waals surface area contributed by atoms with E-state index in [4.69, 9.17) is 9.57 Å². The van der Waals surface area contributed by atoms with Crippen LogP contribution in [0, 0.1) is 17.8 Å². The van der Waals surface area contributed by atoms with Crippen LogP contribution in [0.3, 0.4) is 0 Å². The highest BCUT2D eigenvalue weighted by Gasteiger charge is 2.38. The zero-order chi connectivity index (χ0) is 42.9. The number of likely N-dealkylation sites (N-methyl/N-ethyl adjacent to an activating group) is 1. The number of Topliss-reactive ketones (excluding diaryl/α,β-unsaturated/α-hetero) is 1. The molecule has 2 heterocycles. The van der Waals surface area contributed by atoms with Crippen molar-refractivity contribution in [2.24, 2.45) is 17.8 Å². The topological polar surface area (TPSA) is 204 Å². The minimum Gasteiger partial charge on any atom is -0.508 e. The van der Waals surface area contributed by atoms with Crippen LogP contribution in [0.2, 0.25) is 0 Å². The van der Waals surface area contributed by atoms with Gasteiger partial charge in [-0.05, 0) is 74.6 Å². The van der Waals surface area contributed by atoms with Gasteiger partial charge in [-0.3, -0.25) is 33.8 Å². The molecule has 58 heavy (non-hydrogen) atoms. The molecular formula is C43H61N5O10. The maximum Gasteiger partial charge on any atom is 0.325 e. The number of hydrogen-bond acceptors (Lipinski definition) is 11. The van der Waals surface area contributed by atoms with E-state index in [2.05, 4.69) is 16.1 Å². The summed E-state index contributed by atoms with van der Waals surface area (Å²) in [5.41, 5.74) is 4.20. The fourth-order valence-electron chi connectivity index (χ4n) is 6.62. The number of nitrogens with one attached hydrogen (secondary N) is 3. The Kier molecular flexibility index (Phi) is 19.0. The maximum absolute atomic E-state index is 14.3. The molecule has 1 aromatic carbocycles. The number of hydrazine groups is 1. The lowest BCUT2D eigenvalue weighted by atomic mass is 9.85. The summed E-state index contributed by atoms with van der Waals surface area (Å²) in [4.78, 5) is 85.1. The molecule has 1 fully saturated rings. The number of esters is 1. The molecule has 3 rings (SSSR count). The standard InChI is InChI=1S/C43H61N5O10/c1-27(2)38-41(54)44-35(26-31-17-13-18-32(50)25-31)42(55)48-24-14-19-34(46-48)43(56)58-36(28(3)16-12-21-37(51)47(6)57-7)20-11-9-8-10-15-29(4)39(52)33(40(53)45-38)23-22-30(5)49/h8-13,16-18,21,25,27,29,33-36,38-39,46,50,52H,14-15,19-20,22-24,26H2,1-7H3,(H,44,54)(H,45,53)/t29-,33+,34?,35-,36-,38-,39+/m0/s1. The average molecular weight is 808 g/mol. The number of carbonyl (C=O) groups is 6. The molecule has 0 aromatic heterocycles. The quantitative estimate of drug-likeness (QED) is 0.100. The minimum absolute atomic E-state index is 0.0232. The first-order chi connectivity index (χ1) is 27.5. The van der Waals surface area contributed by atoms with Crippen LogP contribution in [0.25, 0.3) is 0 Å². The number of aliphatic hydroxyl groups excluding tert-OH is 1. The number of aliphatic hydroxyl groups is 1. The molecule has 15 nitrogen and oxygen atoms in total. The molecular weight excluding hydrogens is 746 g/mol. The zero-order valence-corrected chi connectivity index (χ0v) is 34.7. The lowest BCUT2D eigenvalue weighted by molar-refractivity contribution is -0.162. The number of allylic oxidation sites excluding steroid dienone is 5. The molecule has 0 radical (unpaired) electrons. The number of hydroxylamine groups is 2. The second-order valence-corrected chi connectivity index (χ2v) is 15.3. The summed E-state index contributed by atoms with van der Waals surface area (Å²) in [7, 11) is 2.85. The van der Waals surface area contributed by atoms with Crippen molar-refractivity contribution in [2.45, 2.75) is 110 Å². The molecule has 7 atom stereocenters. The SMILES string of the molecule is CON(C)C(=O)C=CC=C(C)[C@@H]1CC=CC=CC[C@H](C)[C@@H](O)[C@@H](CCC(C)=O)C(=O)N[C@@H](C(C)C)C(=O)N[C@@H](Cc2cccc(O)c2)C(=O)N2CCCC(N2)C(=O)O1. The normalized spacial score (nSPS) is 26.1. The molecule has 4 amide bonds. The van der Waals surface area contributed by atoms with Crippen molar-refractivity contribution < 1.29 is 48.6 Å². The highest BCUT2D eigenvalue weighted by atomic mass is 16.7. The van der Waals surface area contributed by atoms with Gasteiger partial charge >= 0.3 is 5.97 Å². The van der Waals surface area contributed by atoms with E-state index in [0.717, 1.165) is 5.06 Å². The van der Waals surface area contributed by atoms with Gasteiger partial charge in [0.05, 0.1) is 19.1 Å². The van der Waals surface area contributed by atoms with Crippen LogP contribution in [0.15, 0.2) is 72.4 Å². The fourth-order valence-corrected chi connectivity index (χ4v) is 6.62. The number of ether oxygens (including phenoxy) is 1. The van der Waals surface area contributed by atoms with Gasteiger partial charge < -0.3 is 30.4 Å². The van der Waals surface area contributed by atoms with Gasteiger partial charge in [0.2, 0.25) is 11.8 Å². The lowest BCUT2D eigenvalue weighted by Crippen LogP contribution is -2.62. The predicted octanol–water partition coefficient (Wildman–Crippen LogP) is 3.38. The smallest absolute Gasteiger partial charge is 0.325 e. The number of rotatable bonds is 10. The molecule has 1 saturated heterocycles. The van der Waals surface area contributed by atoms with Gasteiger partial charge in [0.15, 0.2) is 0 Å². The molecule has 318 valence electrons. The Labute approximate surface area is 341 Å². The number of amides is 4. The van der Waals surface area contributed by atoms with Crippen molar-refractivity contribution >= 4 is 35.4 Å². The second kappa shape index (κ2) is 23.3. The second-order valence-electron chi connectivity index (χ2n) is 15.3. The Morgan fingerprint density at radius 2 is 1.78 bits per heavy atom. The number of phenolic OH excluding ortho intramolecular Hbond substituents is 1. The van der Waals surface area contributed by atoms with Gasteiger partial charge in [0, 0.05) is 38.9 Å². The van der Waals surface area contributed by atoms with E-state index >= 15 is 0 Å². The van der Waals surface area contributed by atoms with Gasteiger partial charge in [-0.15, -0.1) is 0 Å². The van der Waals surface area contributed by atoms with E-state index in [0.29, 0.717) is 30.4 Å². The van der Waals surface area contributed by atoms with E-state index in [1.54, 1.807) is 58.1 Å². The molecule has 2 aliphatic heterocycles. The third kappa shape index (κ3) is 14.7. The van der Waals surface area contributed by atoms with Gasteiger partial charge in [-0.2, -0.15) is 0 Å². The molecule has 1 aromatic rings. The summed E-state index contributed by atoms with van der Waals surface area (Å²) in [6.07, 6.45) is 11.4. The van der Waals surface area contributed by atoms with Crippen molar-refractivity contribution in [3.63, 3.8) is 0 Å². The van der Waals surface area contributed by atoms with Crippen molar-refractivity contribution in [1.82, 2.24) is 26.1 Å². The van der Waals surface area contributed by atoms with Crippen molar-refractivity contribution in [3.05, 3.63) is 77.9 Å². The summed E-state index contributed by atoms with van der Waals surface area (Å²) in [6, 6.07) is 3.08. The number of carbonyl (C=O) groups excluding carboxylic acids is 6. The molecule has 1 unspecified atom stereocenters. The van der Waals surface area contributed by atoms with Crippen LogP contribution < -0.4 is 16.1 Å². The van der Waals surface area contributed by atoms with Gasteiger partial charge in [0.1, 0.15) is 35.8 Å². The summed E-state index contributed by atoms with van der Waals surface area (Å²) < 4.78 is 6.03. The van der Waals surface area contributed by atoms with Crippen LogP contribution in [-0.2, 0) is 44.8 Å². The van der Waals surface area contributed by atoms with E-state index in [9.17, 15) is 39.0 Å². The Bertz CT molecular complexity index is 1720. The zero-order valence-electron chi connectivity index (χ0n) is 34.7.